The summed E-state index contributed by atoms with van der Waals surface area (Å²) in [5.74, 6) is 0.545. The summed E-state index contributed by atoms with van der Waals surface area (Å²) in [4.78, 5) is 13.6. The van der Waals surface area contributed by atoms with Crippen LogP contribution in [0, 0.1) is 5.92 Å². The molecule has 0 aromatic carbocycles. The summed E-state index contributed by atoms with van der Waals surface area (Å²) >= 11 is 0. The molecule has 1 aliphatic rings. The highest BCUT2D eigenvalue weighted by Gasteiger charge is 2.29. The highest BCUT2D eigenvalue weighted by molar-refractivity contribution is 5.68. The van der Waals surface area contributed by atoms with Crippen LogP contribution in [0.5, 0.6) is 0 Å². The summed E-state index contributed by atoms with van der Waals surface area (Å²) in [5.41, 5.74) is -0.419. The van der Waals surface area contributed by atoms with Crippen molar-refractivity contribution in [3.8, 4) is 0 Å². The predicted molar refractivity (Wildman–Crippen MR) is 70.5 cm³/mol. The van der Waals surface area contributed by atoms with Crippen molar-refractivity contribution in [2.75, 3.05) is 32.8 Å². The molecule has 1 heterocycles. The molecule has 0 aromatic rings. The van der Waals surface area contributed by atoms with E-state index in [9.17, 15) is 4.79 Å². The van der Waals surface area contributed by atoms with Crippen molar-refractivity contribution in [2.24, 2.45) is 5.92 Å². The molecule has 1 atom stereocenters. The van der Waals surface area contributed by atoms with E-state index in [4.69, 9.17) is 9.84 Å². The Hall–Kier alpha value is -0.810. The Morgan fingerprint density at radius 2 is 2.17 bits per heavy atom. The molecule has 18 heavy (non-hydrogen) atoms. The lowest BCUT2D eigenvalue weighted by molar-refractivity contribution is 0.0287. The summed E-state index contributed by atoms with van der Waals surface area (Å²) in [5, 5.41) is 11.8. The van der Waals surface area contributed by atoms with Gasteiger partial charge < -0.3 is 20.1 Å². The second-order valence-electron chi connectivity index (χ2n) is 5.84. The standard InChI is InChI=1S/C13H26N2O3/c1-13(2,3)18-12(17)15-8-5-11(10-15)4-6-14-7-9-16/h11,14,16H,4-10H2,1-3H3. The minimum Gasteiger partial charge on any atom is -0.444 e. The number of nitrogens with one attached hydrogen (secondary N) is 1. The van der Waals surface area contributed by atoms with Crippen LogP contribution in [0.15, 0.2) is 0 Å². The third kappa shape index (κ3) is 5.69. The van der Waals surface area contributed by atoms with Gasteiger partial charge in [0.2, 0.25) is 0 Å². The van der Waals surface area contributed by atoms with E-state index in [0.717, 1.165) is 32.5 Å². The Balaban J connectivity index is 2.22. The van der Waals surface area contributed by atoms with Crippen LogP contribution >= 0.6 is 0 Å². The van der Waals surface area contributed by atoms with Crippen molar-refractivity contribution in [1.29, 1.82) is 0 Å². The zero-order valence-electron chi connectivity index (χ0n) is 11.7. The van der Waals surface area contributed by atoms with Gasteiger partial charge in [-0.25, -0.2) is 4.79 Å². The molecule has 0 aromatic heterocycles. The second kappa shape index (κ2) is 6.95. The van der Waals surface area contributed by atoms with E-state index >= 15 is 0 Å². The maximum atomic E-state index is 11.8. The Bertz CT molecular complexity index is 263. The van der Waals surface area contributed by atoms with Gasteiger partial charge in [0.25, 0.3) is 0 Å². The van der Waals surface area contributed by atoms with Crippen LogP contribution < -0.4 is 5.32 Å². The molecule has 106 valence electrons. The maximum absolute atomic E-state index is 11.8. The van der Waals surface area contributed by atoms with Gasteiger partial charge in [-0.15, -0.1) is 0 Å². The molecule has 0 saturated carbocycles. The van der Waals surface area contributed by atoms with Crippen LogP contribution in [-0.2, 0) is 4.74 Å². The number of nitrogens with zero attached hydrogens (tertiary/aromatic N) is 1. The molecular formula is C13H26N2O3. The van der Waals surface area contributed by atoms with E-state index in [2.05, 4.69) is 5.32 Å². The third-order valence-electron chi connectivity index (χ3n) is 2.96. The van der Waals surface area contributed by atoms with E-state index in [-0.39, 0.29) is 12.7 Å². The third-order valence-corrected chi connectivity index (χ3v) is 2.96. The molecule has 1 rings (SSSR count). The van der Waals surface area contributed by atoms with Crippen LogP contribution in [0.2, 0.25) is 0 Å². The number of amides is 1. The Morgan fingerprint density at radius 1 is 1.44 bits per heavy atom. The smallest absolute Gasteiger partial charge is 0.410 e. The fourth-order valence-corrected chi connectivity index (χ4v) is 2.07. The van der Waals surface area contributed by atoms with Crippen LogP contribution in [0.1, 0.15) is 33.6 Å². The molecule has 1 unspecified atom stereocenters. The first-order valence-electron chi connectivity index (χ1n) is 6.72. The Morgan fingerprint density at radius 3 is 2.78 bits per heavy atom. The summed E-state index contributed by atoms with van der Waals surface area (Å²) in [6.07, 6.45) is 1.88. The van der Waals surface area contributed by atoms with Gasteiger partial charge >= 0.3 is 6.09 Å². The van der Waals surface area contributed by atoms with Gasteiger partial charge in [-0.1, -0.05) is 0 Å². The highest BCUT2D eigenvalue weighted by Crippen LogP contribution is 2.21. The van der Waals surface area contributed by atoms with E-state index in [0.29, 0.717) is 12.5 Å². The first-order chi connectivity index (χ1) is 8.42. The Labute approximate surface area is 109 Å². The van der Waals surface area contributed by atoms with Crippen molar-refractivity contribution in [3.05, 3.63) is 0 Å². The van der Waals surface area contributed by atoms with E-state index in [1.807, 2.05) is 20.8 Å². The number of ether oxygens (including phenoxy) is 1. The molecule has 2 N–H and O–H groups in total. The largest absolute Gasteiger partial charge is 0.444 e. The first kappa shape index (κ1) is 15.2. The lowest BCUT2D eigenvalue weighted by atomic mass is 10.1. The zero-order valence-corrected chi connectivity index (χ0v) is 11.7. The van der Waals surface area contributed by atoms with Gasteiger partial charge in [0.05, 0.1) is 6.61 Å². The number of carbonyl (C=O) groups is 1. The number of rotatable bonds is 5. The van der Waals surface area contributed by atoms with E-state index in [1.54, 1.807) is 4.90 Å². The van der Waals surface area contributed by atoms with Gasteiger partial charge in [-0.2, -0.15) is 0 Å². The lowest BCUT2D eigenvalue weighted by Gasteiger charge is -2.24. The van der Waals surface area contributed by atoms with Gasteiger partial charge in [0.15, 0.2) is 0 Å². The quantitative estimate of drug-likeness (QED) is 0.728. The van der Waals surface area contributed by atoms with E-state index in [1.165, 1.54) is 0 Å². The SMILES string of the molecule is CC(C)(C)OC(=O)N1CCC(CCNCCO)C1. The molecule has 1 fully saturated rings. The molecule has 0 radical (unpaired) electrons. The molecule has 5 nitrogen and oxygen atoms in total. The number of likely N-dealkylation sites (tertiary alicyclic amines) is 1. The van der Waals surface area contributed by atoms with Crippen molar-refractivity contribution in [1.82, 2.24) is 10.2 Å². The molecule has 0 spiro atoms. The maximum Gasteiger partial charge on any atom is 0.410 e. The molecular weight excluding hydrogens is 232 g/mol. The fraction of sp³-hybridized carbons (Fsp3) is 0.923. The average molecular weight is 258 g/mol. The summed E-state index contributed by atoms with van der Waals surface area (Å²) in [6.45, 7) is 8.95. The fourth-order valence-electron chi connectivity index (χ4n) is 2.07. The monoisotopic (exact) mass is 258 g/mol. The lowest BCUT2D eigenvalue weighted by Crippen LogP contribution is -2.35. The van der Waals surface area contributed by atoms with Crippen molar-refractivity contribution in [2.45, 2.75) is 39.2 Å². The van der Waals surface area contributed by atoms with E-state index < -0.39 is 5.60 Å². The molecule has 1 aliphatic heterocycles. The molecule has 1 saturated heterocycles. The zero-order chi connectivity index (χ0) is 13.6. The van der Waals surface area contributed by atoms with Gasteiger partial charge in [-0.3, -0.25) is 0 Å². The summed E-state index contributed by atoms with van der Waals surface area (Å²) in [7, 11) is 0. The number of hydrogen-bond donors (Lipinski definition) is 2. The van der Waals surface area contributed by atoms with Gasteiger partial charge in [0.1, 0.15) is 5.60 Å². The average Bonchev–Trinajstić information content (AvgIpc) is 2.71. The number of carbonyl (C=O) groups excluding carboxylic acids is 1. The Kier molecular flexibility index (Phi) is 5.88. The number of aliphatic hydroxyl groups excluding tert-OH is 1. The topological polar surface area (TPSA) is 61.8 Å². The number of aliphatic hydroxyl groups is 1. The minimum atomic E-state index is -0.419. The van der Waals surface area contributed by atoms with Crippen LogP contribution in [-0.4, -0.2) is 54.5 Å². The highest BCUT2D eigenvalue weighted by atomic mass is 16.6. The predicted octanol–water partition coefficient (Wildman–Crippen LogP) is 1.22. The normalized spacial score (nSPS) is 20.2. The minimum absolute atomic E-state index is 0.175. The van der Waals surface area contributed by atoms with Crippen molar-refractivity contribution < 1.29 is 14.6 Å². The van der Waals surface area contributed by atoms with Crippen LogP contribution in [0.25, 0.3) is 0 Å². The summed E-state index contributed by atoms with van der Waals surface area (Å²) < 4.78 is 5.35. The number of hydrogen-bond acceptors (Lipinski definition) is 4. The molecule has 0 bridgehead atoms. The van der Waals surface area contributed by atoms with Crippen molar-refractivity contribution in [3.63, 3.8) is 0 Å². The van der Waals surface area contributed by atoms with Crippen LogP contribution in [0.3, 0.4) is 0 Å². The molecule has 5 heteroatoms. The second-order valence-corrected chi connectivity index (χ2v) is 5.84. The summed E-state index contributed by atoms with van der Waals surface area (Å²) in [6, 6.07) is 0. The molecule has 1 amide bonds. The van der Waals surface area contributed by atoms with Crippen molar-refractivity contribution >= 4 is 6.09 Å². The van der Waals surface area contributed by atoms with Gasteiger partial charge in [0, 0.05) is 19.6 Å². The van der Waals surface area contributed by atoms with Gasteiger partial charge in [-0.05, 0) is 46.1 Å². The first-order valence-corrected chi connectivity index (χ1v) is 6.72. The van der Waals surface area contributed by atoms with Crippen LogP contribution in [0.4, 0.5) is 4.79 Å². The molecule has 0 aliphatic carbocycles.